The molecular formula is C18H16ClF3N2O3S. The lowest BCUT2D eigenvalue weighted by atomic mass is 9.98. The summed E-state index contributed by atoms with van der Waals surface area (Å²) in [4.78, 5) is 12.5. The lowest BCUT2D eigenvalue weighted by Gasteiger charge is -2.31. The molecule has 0 aromatic heterocycles. The minimum Gasteiger partial charge on any atom is -0.323 e. The van der Waals surface area contributed by atoms with Gasteiger partial charge in [0.15, 0.2) is 17.5 Å². The SMILES string of the molecule is O=C(Nc1ccc(F)c(F)c1F)[C@@H]1CCCN(S(=O)(=O)c2ccc(Cl)cc2)C1. The van der Waals surface area contributed by atoms with Crippen molar-refractivity contribution in [1.82, 2.24) is 4.31 Å². The summed E-state index contributed by atoms with van der Waals surface area (Å²) in [5.74, 6) is -5.99. The van der Waals surface area contributed by atoms with Gasteiger partial charge < -0.3 is 5.32 Å². The van der Waals surface area contributed by atoms with Crippen molar-refractivity contribution in [3.05, 3.63) is 58.9 Å². The van der Waals surface area contributed by atoms with Crippen LogP contribution < -0.4 is 5.32 Å². The number of hydrogen-bond acceptors (Lipinski definition) is 3. The second-order valence-electron chi connectivity index (χ2n) is 6.37. The molecule has 5 nitrogen and oxygen atoms in total. The molecule has 2 aromatic carbocycles. The standard InChI is InChI=1S/C18H16ClF3N2O3S/c19-12-3-5-13(6-4-12)28(26,27)24-9-1-2-11(10-24)18(25)23-15-8-7-14(20)16(21)17(15)22/h3-8,11H,1-2,9-10H2,(H,23,25)/t11-/m1/s1. The lowest BCUT2D eigenvalue weighted by molar-refractivity contribution is -0.120. The van der Waals surface area contributed by atoms with E-state index in [1.54, 1.807) is 0 Å². The average molecular weight is 433 g/mol. The first-order valence-corrected chi connectivity index (χ1v) is 10.2. The van der Waals surface area contributed by atoms with E-state index in [2.05, 4.69) is 5.32 Å². The van der Waals surface area contributed by atoms with Crippen molar-refractivity contribution in [1.29, 1.82) is 0 Å². The average Bonchev–Trinajstić information content (AvgIpc) is 2.69. The van der Waals surface area contributed by atoms with Gasteiger partial charge in [-0.05, 0) is 49.2 Å². The van der Waals surface area contributed by atoms with Gasteiger partial charge in [0.2, 0.25) is 15.9 Å². The second kappa shape index (κ2) is 8.10. The molecule has 10 heteroatoms. The van der Waals surface area contributed by atoms with Gasteiger partial charge in [0.25, 0.3) is 0 Å². The summed E-state index contributed by atoms with van der Waals surface area (Å²) in [5, 5.41) is 2.60. The highest BCUT2D eigenvalue weighted by molar-refractivity contribution is 7.89. The van der Waals surface area contributed by atoms with Crippen LogP contribution in [0.2, 0.25) is 5.02 Å². The molecule has 28 heavy (non-hydrogen) atoms. The predicted molar refractivity (Wildman–Crippen MR) is 97.9 cm³/mol. The molecule has 1 aliphatic heterocycles. The number of piperidine rings is 1. The summed E-state index contributed by atoms with van der Waals surface area (Å²) >= 11 is 5.78. The minimum atomic E-state index is -3.83. The molecule has 1 atom stereocenters. The quantitative estimate of drug-likeness (QED) is 0.747. The maximum Gasteiger partial charge on any atom is 0.243 e. The van der Waals surface area contributed by atoms with Gasteiger partial charge in [-0.25, -0.2) is 21.6 Å². The van der Waals surface area contributed by atoms with Gasteiger partial charge in [0.1, 0.15) is 0 Å². The molecule has 3 rings (SSSR count). The number of benzene rings is 2. The molecule has 1 N–H and O–H groups in total. The third kappa shape index (κ3) is 4.16. The summed E-state index contributed by atoms with van der Waals surface area (Å²) in [5.41, 5.74) is -0.499. The van der Waals surface area contributed by atoms with E-state index < -0.39 is 45.0 Å². The third-order valence-electron chi connectivity index (χ3n) is 4.50. The normalized spacial score (nSPS) is 18.1. The van der Waals surface area contributed by atoms with Gasteiger partial charge in [-0.2, -0.15) is 4.31 Å². The Morgan fingerprint density at radius 3 is 2.43 bits per heavy atom. The van der Waals surface area contributed by atoms with E-state index in [1.807, 2.05) is 0 Å². The zero-order chi connectivity index (χ0) is 20.5. The van der Waals surface area contributed by atoms with Gasteiger partial charge in [0, 0.05) is 18.1 Å². The Balaban J connectivity index is 1.75. The van der Waals surface area contributed by atoms with Gasteiger partial charge in [-0.1, -0.05) is 11.6 Å². The van der Waals surface area contributed by atoms with Crippen molar-refractivity contribution in [3.8, 4) is 0 Å². The molecule has 1 aliphatic rings. The molecule has 1 amide bonds. The number of hydrogen-bond donors (Lipinski definition) is 1. The van der Waals surface area contributed by atoms with Crippen molar-refractivity contribution < 1.29 is 26.4 Å². The minimum absolute atomic E-state index is 0.0459. The Morgan fingerprint density at radius 2 is 1.75 bits per heavy atom. The van der Waals surface area contributed by atoms with E-state index in [1.165, 1.54) is 28.6 Å². The van der Waals surface area contributed by atoms with Crippen LogP contribution in [0.4, 0.5) is 18.9 Å². The highest BCUT2D eigenvalue weighted by Crippen LogP contribution is 2.26. The summed E-state index contributed by atoms with van der Waals surface area (Å²) in [6.07, 6.45) is 0.801. The fourth-order valence-electron chi connectivity index (χ4n) is 2.99. The Morgan fingerprint density at radius 1 is 1.07 bits per heavy atom. The van der Waals surface area contributed by atoms with Crippen LogP contribution in [-0.4, -0.2) is 31.7 Å². The molecule has 0 radical (unpaired) electrons. The number of sulfonamides is 1. The number of anilines is 1. The molecule has 0 aliphatic carbocycles. The highest BCUT2D eigenvalue weighted by Gasteiger charge is 2.33. The number of halogens is 4. The monoisotopic (exact) mass is 432 g/mol. The van der Waals surface area contributed by atoms with Crippen molar-refractivity contribution in [2.75, 3.05) is 18.4 Å². The number of carbonyl (C=O) groups is 1. The van der Waals surface area contributed by atoms with Crippen LogP contribution in [0.1, 0.15) is 12.8 Å². The first-order valence-electron chi connectivity index (χ1n) is 8.40. The predicted octanol–water partition coefficient (Wildman–Crippen LogP) is 3.80. The van der Waals surface area contributed by atoms with Gasteiger partial charge in [-0.3, -0.25) is 4.79 Å². The second-order valence-corrected chi connectivity index (χ2v) is 8.74. The molecule has 2 aromatic rings. The van der Waals surface area contributed by atoms with E-state index in [9.17, 15) is 26.4 Å². The zero-order valence-corrected chi connectivity index (χ0v) is 16.0. The van der Waals surface area contributed by atoms with Crippen LogP contribution in [0.25, 0.3) is 0 Å². The molecule has 1 fully saturated rings. The first-order chi connectivity index (χ1) is 13.2. The Kier molecular flexibility index (Phi) is 5.97. The van der Waals surface area contributed by atoms with Crippen LogP contribution in [0.3, 0.4) is 0 Å². The van der Waals surface area contributed by atoms with E-state index >= 15 is 0 Å². The van der Waals surface area contributed by atoms with Crippen LogP contribution in [0, 0.1) is 23.4 Å². The molecule has 0 saturated carbocycles. The molecule has 1 saturated heterocycles. The molecule has 0 bridgehead atoms. The fraction of sp³-hybridized carbons (Fsp3) is 0.278. The van der Waals surface area contributed by atoms with Crippen molar-refractivity contribution >= 4 is 33.2 Å². The van der Waals surface area contributed by atoms with Gasteiger partial charge in [0.05, 0.1) is 16.5 Å². The summed E-state index contributed by atoms with van der Waals surface area (Å²) in [6.45, 7) is 0.121. The van der Waals surface area contributed by atoms with Crippen molar-refractivity contribution in [2.24, 2.45) is 5.92 Å². The van der Waals surface area contributed by atoms with Gasteiger partial charge >= 0.3 is 0 Å². The molecule has 0 spiro atoms. The molecule has 0 unspecified atom stereocenters. The first kappa shape index (κ1) is 20.6. The summed E-state index contributed by atoms with van der Waals surface area (Å²) < 4.78 is 66.8. The third-order valence-corrected chi connectivity index (χ3v) is 6.63. The Bertz CT molecular complexity index is 1000. The maximum absolute atomic E-state index is 13.8. The number of rotatable bonds is 4. The Hall–Kier alpha value is -2.10. The highest BCUT2D eigenvalue weighted by atomic mass is 35.5. The van der Waals surface area contributed by atoms with E-state index in [0.717, 1.165) is 6.07 Å². The van der Waals surface area contributed by atoms with Gasteiger partial charge in [-0.15, -0.1) is 0 Å². The number of carbonyl (C=O) groups excluding carboxylic acids is 1. The number of nitrogens with zero attached hydrogens (tertiary/aromatic N) is 1. The van der Waals surface area contributed by atoms with Crippen LogP contribution in [0.5, 0.6) is 0 Å². The zero-order valence-electron chi connectivity index (χ0n) is 14.5. The molecule has 150 valence electrons. The summed E-state index contributed by atoms with van der Waals surface area (Å²) in [6, 6.07) is 7.27. The smallest absolute Gasteiger partial charge is 0.243 e. The topological polar surface area (TPSA) is 66.5 Å². The summed E-state index contributed by atoms with van der Waals surface area (Å²) in [7, 11) is -3.83. The van der Waals surface area contributed by atoms with E-state index in [-0.39, 0.29) is 18.0 Å². The molecular weight excluding hydrogens is 417 g/mol. The van der Waals surface area contributed by atoms with E-state index in [0.29, 0.717) is 23.9 Å². The Labute approximate surface area is 165 Å². The largest absolute Gasteiger partial charge is 0.323 e. The van der Waals surface area contributed by atoms with Crippen LogP contribution in [0.15, 0.2) is 41.3 Å². The van der Waals surface area contributed by atoms with Crippen LogP contribution >= 0.6 is 11.6 Å². The number of nitrogens with one attached hydrogen (secondary N) is 1. The maximum atomic E-state index is 13.8. The van der Waals surface area contributed by atoms with Crippen molar-refractivity contribution in [2.45, 2.75) is 17.7 Å². The van der Waals surface area contributed by atoms with Crippen molar-refractivity contribution in [3.63, 3.8) is 0 Å². The lowest BCUT2D eigenvalue weighted by Crippen LogP contribution is -2.43. The fourth-order valence-corrected chi connectivity index (χ4v) is 4.64. The van der Waals surface area contributed by atoms with Crippen LogP contribution in [-0.2, 0) is 14.8 Å². The van der Waals surface area contributed by atoms with E-state index in [4.69, 9.17) is 11.6 Å². The molecule has 1 heterocycles. The number of amides is 1.